The summed E-state index contributed by atoms with van der Waals surface area (Å²) in [6, 6.07) is 5.20. The molecule has 0 aromatic heterocycles. The maximum absolute atomic E-state index is 11.8. The third kappa shape index (κ3) is 3.85. The highest BCUT2D eigenvalue weighted by molar-refractivity contribution is 9.10. The van der Waals surface area contributed by atoms with Gasteiger partial charge in [0.1, 0.15) is 0 Å². The molecule has 4 heteroatoms. The standard InChI is InChI=1S/C12H17BrN2O/c1-12(2,3)7-15-11(16)8-4-5-9(13)10(14)6-8/h4-6H,7,14H2,1-3H3,(H,15,16). The smallest absolute Gasteiger partial charge is 0.251 e. The summed E-state index contributed by atoms with van der Waals surface area (Å²) in [6.45, 7) is 6.86. The largest absolute Gasteiger partial charge is 0.398 e. The summed E-state index contributed by atoms with van der Waals surface area (Å²) in [5.74, 6) is -0.0888. The van der Waals surface area contributed by atoms with Crippen LogP contribution in [0.4, 0.5) is 5.69 Å². The van der Waals surface area contributed by atoms with Gasteiger partial charge in [-0.3, -0.25) is 4.79 Å². The highest BCUT2D eigenvalue weighted by atomic mass is 79.9. The normalized spacial score (nSPS) is 11.2. The van der Waals surface area contributed by atoms with Gasteiger partial charge in [0.15, 0.2) is 0 Å². The SMILES string of the molecule is CC(C)(C)CNC(=O)c1ccc(Br)c(N)c1. The van der Waals surface area contributed by atoms with E-state index in [1.165, 1.54) is 0 Å². The molecule has 0 radical (unpaired) electrons. The molecular weight excluding hydrogens is 268 g/mol. The Hall–Kier alpha value is -1.03. The van der Waals surface area contributed by atoms with E-state index >= 15 is 0 Å². The molecule has 3 N–H and O–H groups in total. The summed E-state index contributed by atoms with van der Waals surface area (Å²) >= 11 is 3.29. The number of amides is 1. The van der Waals surface area contributed by atoms with E-state index in [0.29, 0.717) is 17.8 Å². The Morgan fingerprint density at radius 1 is 1.44 bits per heavy atom. The van der Waals surface area contributed by atoms with E-state index in [2.05, 4.69) is 42.0 Å². The summed E-state index contributed by atoms with van der Waals surface area (Å²) in [5, 5.41) is 2.88. The number of halogens is 1. The molecule has 0 saturated carbocycles. The molecule has 3 nitrogen and oxygen atoms in total. The average Bonchev–Trinajstić information content (AvgIpc) is 2.17. The van der Waals surface area contributed by atoms with Crippen LogP contribution in [0.5, 0.6) is 0 Å². The Morgan fingerprint density at radius 3 is 2.56 bits per heavy atom. The summed E-state index contributed by atoms with van der Waals surface area (Å²) in [6.07, 6.45) is 0. The second-order valence-corrected chi connectivity index (χ2v) is 5.83. The Kier molecular flexibility index (Phi) is 3.97. The fourth-order valence-electron chi connectivity index (χ4n) is 1.13. The van der Waals surface area contributed by atoms with E-state index in [9.17, 15) is 4.79 Å². The topological polar surface area (TPSA) is 55.1 Å². The van der Waals surface area contributed by atoms with Gasteiger partial charge in [0, 0.05) is 22.3 Å². The Bertz CT molecular complexity index is 396. The number of carbonyl (C=O) groups is 1. The van der Waals surface area contributed by atoms with Crippen molar-refractivity contribution in [2.45, 2.75) is 20.8 Å². The molecule has 88 valence electrons. The van der Waals surface area contributed by atoms with Crippen LogP contribution in [0.2, 0.25) is 0 Å². The first kappa shape index (κ1) is 13.0. The number of carbonyl (C=O) groups excluding carboxylic acids is 1. The van der Waals surface area contributed by atoms with Gasteiger partial charge in [-0.15, -0.1) is 0 Å². The molecular formula is C12H17BrN2O. The summed E-state index contributed by atoms with van der Waals surface area (Å²) < 4.78 is 0.805. The van der Waals surface area contributed by atoms with Crippen LogP contribution >= 0.6 is 15.9 Å². The first-order valence-electron chi connectivity index (χ1n) is 5.13. The van der Waals surface area contributed by atoms with Crippen molar-refractivity contribution in [1.29, 1.82) is 0 Å². The first-order valence-corrected chi connectivity index (χ1v) is 5.92. The molecule has 0 bridgehead atoms. The van der Waals surface area contributed by atoms with Crippen LogP contribution in [0, 0.1) is 5.41 Å². The number of hydrogen-bond donors (Lipinski definition) is 2. The maximum Gasteiger partial charge on any atom is 0.251 e. The lowest BCUT2D eigenvalue weighted by molar-refractivity contribution is 0.0939. The zero-order valence-corrected chi connectivity index (χ0v) is 11.4. The van der Waals surface area contributed by atoms with Crippen LogP contribution in [0.15, 0.2) is 22.7 Å². The molecule has 0 aliphatic heterocycles. The predicted molar refractivity (Wildman–Crippen MR) is 70.3 cm³/mol. The molecule has 1 aromatic carbocycles. The number of nitrogens with one attached hydrogen (secondary N) is 1. The van der Waals surface area contributed by atoms with Gasteiger partial charge in [0.2, 0.25) is 0 Å². The minimum atomic E-state index is -0.0888. The number of rotatable bonds is 2. The minimum absolute atomic E-state index is 0.0799. The number of nitrogens with two attached hydrogens (primary N) is 1. The van der Waals surface area contributed by atoms with E-state index < -0.39 is 0 Å². The zero-order valence-electron chi connectivity index (χ0n) is 9.80. The van der Waals surface area contributed by atoms with Crippen LogP contribution in [0.1, 0.15) is 31.1 Å². The minimum Gasteiger partial charge on any atom is -0.398 e. The molecule has 1 rings (SSSR count). The lowest BCUT2D eigenvalue weighted by Gasteiger charge is -2.18. The number of benzene rings is 1. The van der Waals surface area contributed by atoms with Crippen LogP contribution in [0.25, 0.3) is 0 Å². The van der Waals surface area contributed by atoms with Gasteiger partial charge in [-0.2, -0.15) is 0 Å². The molecule has 16 heavy (non-hydrogen) atoms. The van der Waals surface area contributed by atoms with Gasteiger partial charge in [-0.25, -0.2) is 0 Å². The van der Waals surface area contributed by atoms with Crippen LogP contribution in [-0.4, -0.2) is 12.5 Å². The summed E-state index contributed by atoms with van der Waals surface area (Å²) in [4.78, 5) is 11.8. The number of nitrogen functional groups attached to an aromatic ring is 1. The van der Waals surface area contributed by atoms with E-state index in [1.54, 1.807) is 18.2 Å². The Balaban J connectivity index is 2.70. The maximum atomic E-state index is 11.8. The Labute approximate surface area is 105 Å². The molecule has 0 spiro atoms. The van der Waals surface area contributed by atoms with Crippen molar-refractivity contribution >= 4 is 27.5 Å². The third-order valence-corrected chi connectivity index (χ3v) is 2.76. The number of anilines is 1. The van der Waals surface area contributed by atoms with E-state index in [1.807, 2.05) is 0 Å². The molecule has 0 aliphatic carbocycles. The van der Waals surface area contributed by atoms with E-state index in [0.717, 1.165) is 4.47 Å². The van der Waals surface area contributed by atoms with Crippen molar-refractivity contribution in [3.63, 3.8) is 0 Å². The average molecular weight is 285 g/mol. The summed E-state index contributed by atoms with van der Waals surface area (Å²) in [7, 11) is 0. The van der Waals surface area contributed by atoms with E-state index in [4.69, 9.17) is 5.73 Å². The van der Waals surface area contributed by atoms with Gasteiger partial charge in [-0.1, -0.05) is 20.8 Å². The molecule has 0 aliphatic rings. The van der Waals surface area contributed by atoms with Gasteiger partial charge in [-0.05, 0) is 39.5 Å². The second kappa shape index (κ2) is 4.87. The van der Waals surface area contributed by atoms with Crippen LogP contribution in [0.3, 0.4) is 0 Å². The predicted octanol–water partition coefficient (Wildman–Crippen LogP) is 2.81. The fraction of sp³-hybridized carbons (Fsp3) is 0.417. The van der Waals surface area contributed by atoms with E-state index in [-0.39, 0.29) is 11.3 Å². The third-order valence-electron chi connectivity index (χ3n) is 2.04. The van der Waals surface area contributed by atoms with Crippen molar-refractivity contribution in [2.75, 3.05) is 12.3 Å². The lowest BCUT2D eigenvalue weighted by Crippen LogP contribution is -2.32. The molecule has 1 amide bonds. The zero-order chi connectivity index (χ0) is 12.3. The van der Waals surface area contributed by atoms with Crippen molar-refractivity contribution in [3.05, 3.63) is 28.2 Å². The molecule has 0 atom stereocenters. The second-order valence-electron chi connectivity index (χ2n) is 4.98. The van der Waals surface area contributed by atoms with Crippen molar-refractivity contribution in [2.24, 2.45) is 5.41 Å². The highest BCUT2D eigenvalue weighted by Gasteiger charge is 2.13. The number of hydrogen-bond acceptors (Lipinski definition) is 2. The fourth-order valence-corrected chi connectivity index (χ4v) is 1.38. The molecule has 0 heterocycles. The van der Waals surface area contributed by atoms with Gasteiger partial charge >= 0.3 is 0 Å². The molecule has 0 saturated heterocycles. The Morgan fingerprint density at radius 2 is 2.06 bits per heavy atom. The summed E-state index contributed by atoms with van der Waals surface area (Å²) in [5.41, 5.74) is 6.95. The van der Waals surface area contributed by atoms with Crippen molar-refractivity contribution in [1.82, 2.24) is 5.32 Å². The van der Waals surface area contributed by atoms with Crippen molar-refractivity contribution in [3.8, 4) is 0 Å². The quantitative estimate of drug-likeness (QED) is 0.821. The van der Waals surface area contributed by atoms with Gasteiger partial charge in [0.25, 0.3) is 5.91 Å². The highest BCUT2D eigenvalue weighted by Crippen LogP contribution is 2.20. The van der Waals surface area contributed by atoms with Crippen molar-refractivity contribution < 1.29 is 4.79 Å². The molecule has 0 unspecified atom stereocenters. The van der Waals surface area contributed by atoms with Gasteiger partial charge < -0.3 is 11.1 Å². The van der Waals surface area contributed by atoms with Crippen LogP contribution in [-0.2, 0) is 0 Å². The molecule has 0 fully saturated rings. The van der Waals surface area contributed by atoms with Gasteiger partial charge in [0.05, 0.1) is 0 Å². The molecule has 1 aromatic rings. The lowest BCUT2D eigenvalue weighted by atomic mass is 9.97. The monoisotopic (exact) mass is 284 g/mol. The van der Waals surface area contributed by atoms with Crippen LogP contribution < -0.4 is 11.1 Å². The first-order chi connectivity index (χ1) is 7.29.